The number of aliphatic hydroxyl groups excluding tert-OH is 2. The van der Waals surface area contributed by atoms with Crippen molar-refractivity contribution in [2.75, 3.05) is 9.80 Å². The van der Waals surface area contributed by atoms with Gasteiger partial charge in [0.05, 0.1) is 29.3 Å². The summed E-state index contributed by atoms with van der Waals surface area (Å²) in [5.41, 5.74) is -0.787. The molecular formula is C21H18F3N3O2S. The summed E-state index contributed by atoms with van der Waals surface area (Å²) >= 11 is 5.61. The standard InChI is InChI=1S/C21H18F3N3O2S/c22-21(23,24)17-10-16(7-4-14(17)11-25)26-18(29)20(8-1-9-20)27(19(26)30)15-5-2-13(12-28)3-6-15/h2-7,10,18,28-29H,1,8-9,12H2. The van der Waals surface area contributed by atoms with Crippen molar-refractivity contribution in [2.24, 2.45) is 0 Å². The van der Waals surface area contributed by atoms with E-state index in [4.69, 9.17) is 17.5 Å². The Morgan fingerprint density at radius 1 is 1.13 bits per heavy atom. The molecule has 2 aliphatic rings. The molecule has 2 fully saturated rings. The van der Waals surface area contributed by atoms with E-state index in [1.165, 1.54) is 11.0 Å². The van der Waals surface area contributed by atoms with Crippen LogP contribution in [0.15, 0.2) is 42.5 Å². The molecule has 1 saturated carbocycles. The van der Waals surface area contributed by atoms with Gasteiger partial charge in [0.1, 0.15) is 0 Å². The van der Waals surface area contributed by atoms with E-state index in [0.717, 1.165) is 18.6 Å². The summed E-state index contributed by atoms with van der Waals surface area (Å²) < 4.78 is 40.3. The third-order valence-electron chi connectivity index (χ3n) is 5.87. The zero-order valence-corrected chi connectivity index (χ0v) is 16.5. The highest BCUT2D eigenvalue weighted by Crippen LogP contribution is 2.50. The van der Waals surface area contributed by atoms with Crippen LogP contribution in [0.4, 0.5) is 24.5 Å². The summed E-state index contributed by atoms with van der Waals surface area (Å²) in [6, 6.07) is 11.9. The van der Waals surface area contributed by atoms with Gasteiger partial charge in [0.25, 0.3) is 0 Å². The highest BCUT2D eigenvalue weighted by atomic mass is 32.1. The monoisotopic (exact) mass is 433 g/mol. The first-order valence-electron chi connectivity index (χ1n) is 9.35. The number of anilines is 2. The van der Waals surface area contributed by atoms with Gasteiger partial charge in [0.15, 0.2) is 11.3 Å². The lowest BCUT2D eigenvalue weighted by molar-refractivity contribution is -0.137. The van der Waals surface area contributed by atoms with Crippen LogP contribution in [0.5, 0.6) is 0 Å². The minimum absolute atomic E-state index is 0.0829. The molecule has 1 unspecified atom stereocenters. The van der Waals surface area contributed by atoms with Crippen molar-refractivity contribution < 1.29 is 23.4 Å². The maximum absolute atomic E-state index is 13.4. The maximum atomic E-state index is 13.4. The zero-order chi connectivity index (χ0) is 21.7. The van der Waals surface area contributed by atoms with Crippen LogP contribution >= 0.6 is 12.2 Å². The molecule has 2 aromatic rings. The van der Waals surface area contributed by atoms with Gasteiger partial charge in [-0.05, 0) is 67.4 Å². The summed E-state index contributed by atoms with van der Waals surface area (Å²) in [4.78, 5) is 3.12. The Morgan fingerprint density at radius 3 is 2.27 bits per heavy atom. The van der Waals surface area contributed by atoms with Crippen LogP contribution in [0.2, 0.25) is 0 Å². The maximum Gasteiger partial charge on any atom is 0.417 e. The van der Waals surface area contributed by atoms with Crippen molar-refractivity contribution in [1.29, 1.82) is 5.26 Å². The normalized spacial score (nSPS) is 20.4. The first-order chi connectivity index (χ1) is 14.2. The number of hydrogen-bond donors (Lipinski definition) is 2. The van der Waals surface area contributed by atoms with Gasteiger partial charge in [-0.3, -0.25) is 4.90 Å². The van der Waals surface area contributed by atoms with E-state index < -0.39 is 29.1 Å². The average molecular weight is 433 g/mol. The molecule has 0 amide bonds. The van der Waals surface area contributed by atoms with Crippen LogP contribution in [0, 0.1) is 11.3 Å². The van der Waals surface area contributed by atoms with E-state index in [2.05, 4.69) is 0 Å². The van der Waals surface area contributed by atoms with Gasteiger partial charge in [0.2, 0.25) is 0 Å². The molecule has 4 rings (SSSR count). The van der Waals surface area contributed by atoms with Crippen molar-refractivity contribution in [1.82, 2.24) is 0 Å². The number of aliphatic hydroxyl groups is 2. The second kappa shape index (κ2) is 7.23. The summed E-state index contributed by atoms with van der Waals surface area (Å²) in [5.74, 6) is 0. The van der Waals surface area contributed by atoms with Gasteiger partial charge >= 0.3 is 6.18 Å². The molecule has 1 spiro atoms. The molecule has 1 aliphatic heterocycles. The van der Waals surface area contributed by atoms with E-state index in [1.807, 2.05) is 0 Å². The number of halogens is 3. The van der Waals surface area contributed by atoms with Crippen molar-refractivity contribution >= 4 is 28.7 Å². The van der Waals surface area contributed by atoms with Crippen LogP contribution in [0.25, 0.3) is 0 Å². The van der Waals surface area contributed by atoms with Crippen LogP contribution < -0.4 is 9.80 Å². The molecule has 1 atom stereocenters. The third-order valence-corrected chi connectivity index (χ3v) is 6.25. The first-order valence-corrected chi connectivity index (χ1v) is 9.76. The molecule has 1 heterocycles. The smallest absolute Gasteiger partial charge is 0.392 e. The minimum atomic E-state index is -4.71. The summed E-state index contributed by atoms with van der Waals surface area (Å²) in [6.45, 7) is -0.115. The fraction of sp³-hybridized carbons (Fsp3) is 0.333. The zero-order valence-electron chi connectivity index (χ0n) is 15.7. The summed E-state index contributed by atoms with van der Waals surface area (Å²) in [6.07, 6.45) is -3.71. The Morgan fingerprint density at radius 2 is 1.77 bits per heavy atom. The van der Waals surface area contributed by atoms with Crippen molar-refractivity contribution in [3.8, 4) is 6.07 Å². The van der Waals surface area contributed by atoms with E-state index in [9.17, 15) is 23.4 Å². The van der Waals surface area contributed by atoms with Gasteiger partial charge in [-0.2, -0.15) is 18.4 Å². The highest BCUT2D eigenvalue weighted by molar-refractivity contribution is 7.80. The Hall–Kier alpha value is -2.67. The molecule has 30 heavy (non-hydrogen) atoms. The van der Waals surface area contributed by atoms with Crippen LogP contribution in [-0.4, -0.2) is 27.1 Å². The van der Waals surface area contributed by atoms with Crippen molar-refractivity contribution in [3.63, 3.8) is 0 Å². The topological polar surface area (TPSA) is 70.7 Å². The lowest BCUT2D eigenvalue weighted by Crippen LogP contribution is -2.57. The lowest BCUT2D eigenvalue weighted by atomic mass is 9.74. The SMILES string of the molecule is N#Cc1ccc(N2C(=S)N(c3ccc(CO)cc3)C3(CCC3)C2O)cc1C(F)(F)F. The lowest BCUT2D eigenvalue weighted by Gasteiger charge is -2.46. The van der Waals surface area contributed by atoms with Crippen molar-refractivity contribution in [2.45, 2.75) is 43.8 Å². The van der Waals surface area contributed by atoms with Gasteiger partial charge in [-0.1, -0.05) is 12.1 Å². The minimum Gasteiger partial charge on any atom is -0.392 e. The second-order valence-corrected chi connectivity index (χ2v) is 7.85. The fourth-order valence-electron chi connectivity index (χ4n) is 4.16. The van der Waals surface area contributed by atoms with Gasteiger partial charge in [-0.15, -0.1) is 0 Å². The van der Waals surface area contributed by atoms with Gasteiger partial charge < -0.3 is 15.1 Å². The first kappa shape index (κ1) is 20.6. The van der Waals surface area contributed by atoms with Crippen LogP contribution in [0.1, 0.15) is 36.0 Å². The molecule has 0 bridgehead atoms. The Kier molecular flexibility index (Phi) is 4.97. The average Bonchev–Trinajstić information content (AvgIpc) is 2.93. The molecule has 156 valence electrons. The molecule has 1 aliphatic carbocycles. The van der Waals surface area contributed by atoms with E-state index >= 15 is 0 Å². The highest BCUT2D eigenvalue weighted by Gasteiger charge is 2.59. The van der Waals surface area contributed by atoms with Crippen LogP contribution in [-0.2, 0) is 12.8 Å². The molecular weight excluding hydrogens is 415 g/mol. The number of benzene rings is 2. The Bertz CT molecular complexity index is 1030. The van der Waals surface area contributed by atoms with Gasteiger partial charge in [-0.25, -0.2) is 0 Å². The predicted octanol–water partition coefficient (Wildman–Crippen LogP) is 3.92. The summed E-state index contributed by atoms with van der Waals surface area (Å²) in [5, 5.41) is 29.6. The van der Waals surface area contributed by atoms with E-state index in [0.29, 0.717) is 24.1 Å². The van der Waals surface area contributed by atoms with E-state index in [1.54, 1.807) is 35.2 Å². The Labute approximate surface area is 176 Å². The van der Waals surface area contributed by atoms with E-state index in [-0.39, 0.29) is 17.4 Å². The molecule has 0 aromatic heterocycles. The number of rotatable bonds is 3. The second-order valence-electron chi connectivity index (χ2n) is 7.48. The number of nitriles is 1. The molecule has 0 radical (unpaired) electrons. The third kappa shape index (κ3) is 3.03. The number of alkyl halides is 3. The molecule has 5 nitrogen and oxygen atoms in total. The van der Waals surface area contributed by atoms with Gasteiger partial charge in [0, 0.05) is 11.4 Å². The molecule has 9 heteroatoms. The van der Waals surface area contributed by atoms with Crippen molar-refractivity contribution in [3.05, 3.63) is 59.2 Å². The molecule has 2 aromatic carbocycles. The predicted molar refractivity (Wildman–Crippen MR) is 109 cm³/mol. The molecule has 2 N–H and O–H groups in total. The fourth-order valence-corrected chi connectivity index (χ4v) is 4.66. The van der Waals surface area contributed by atoms with Crippen LogP contribution in [0.3, 0.4) is 0 Å². The number of hydrogen-bond acceptors (Lipinski definition) is 4. The molecule has 1 saturated heterocycles. The summed E-state index contributed by atoms with van der Waals surface area (Å²) in [7, 11) is 0. The number of thiocarbonyl (C=S) groups is 1. The largest absolute Gasteiger partial charge is 0.417 e. The number of nitrogens with zero attached hydrogens (tertiary/aromatic N) is 3. The quantitative estimate of drug-likeness (QED) is 0.715. The Balaban J connectivity index is 1.79.